The van der Waals surface area contributed by atoms with E-state index < -0.39 is 0 Å². The molecule has 0 unspecified atom stereocenters. The summed E-state index contributed by atoms with van der Waals surface area (Å²) in [5.74, 6) is 0.353. The van der Waals surface area contributed by atoms with E-state index >= 15 is 0 Å². The van der Waals surface area contributed by atoms with Crippen molar-refractivity contribution in [1.29, 1.82) is 0 Å². The average Bonchev–Trinajstić information content (AvgIpc) is 2.48. The third-order valence-electron chi connectivity index (χ3n) is 2.90. The van der Waals surface area contributed by atoms with Crippen molar-refractivity contribution in [2.75, 3.05) is 0 Å². The largest absolute Gasteiger partial charge is 0.345 e. The van der Waals surface area contributed by atoms with Gasteiger partial charge in [-0.05, 0) is 36.2 Å². The van der Waals surface area contributed by atoms with Crippen molar-refractivity contribution in [2.24, 2.45) is 0 Å². The van der Waals surface area contributed by atoms with Crippen molar-refractivity contribution in [3.63, 3.8) is 0 Å². The van der Waals surface area contributed by atoms with Crippen LogP contribution in [0, 0.1) is 0 Å². The number of halogens is 1. The van der Waals surface area contributed by atoms with E-state index in [9.17, 15) is 4.79 Å². The highest BCUT2D eigenvalue weighted by Crippen LogP contribution is 2.12. The monoisotopic (exact) mass is 274 g/mol. The van der Waals surface area contributed by atoms with Crippen LogP contribution in [0.25, 0.3) is 0 Å². The Balaban J connectivity index is 2.04. The quantitative estimate of drug-likeness (QED) is 0.869. The molecule has 2 rings (SSSR count). The number of hydrogen-bond donors (Lipinski definition) is 1. The van der Waals surface area contributed by atoms with E-state index in [0.717, 1.165) is 11.1 Å². The van der Waals surface area contributed by atoms with E-state index in [0.29, 0.717) is 11.4 Å². The summed E-state index contributed by atoms with van der Waals surface area (Å²) in [4.78, 5) is 16.1. The van der Waals surface area contributed by atoms with Gasteiger partial charge in [0.2, 0.25) is 0 Å². The molecule has 2 aromatic rings. The molecule has 0 aliphatic heterocycles. The van der Waals surface area contributed by atoms with Crippen LogP contribution < -0.4 is 5.32 Å². The molecule has 1 heterocycles. The van der Waals surface area contributed by atoms with Gasteiger partial charge in [0, 0.05) is 23.8 Å². The van der Waals surface area contributed by atoms with Crippen LogP contribution in [0.3, 0.4) is 0 Å². The first-order valence-corrected chi connectivity index (χ1v) is 6.60. The number of benzene rings is 1. The molecule has 19 heavy (non-hydrogen) atoms. The maximum atomic E-state index is 12.1. The SMILES string of the molecule is C[C@@H](NC(=O)c1ccc(CCl)cc1)c1cccnc1. The van der Waals surface area contributed by atoms with Gasteiger partial charge in [-0.15, -0.1) is 11.6 Å². The summed E-state index contributed by atoms with van der Waals surface area (Å²) in [5.41, 5.74) is 2.61. The number of aromatic nitrogens is 1. The molecule has 4 heteroatoms. The Kier molecular flexibility index (Phi) is 4.53. The normalized spacial score (nSPS) is 11.9. The molecule has 0 radical (unpaired) electrons. The lowest BCUT2D eigenvalue weighted by Gasteiger charge is -2.14. The van der Waals surface area contributed by atoms with Crippen LogP contribution in [-0.2, 0) is 5.88 Å². The van der Waals surface area contributed by atoms with Crippen LogP contribution in [0.2, 0.25) is 0 Å². The highest BCUT2D eigenvalue weighted by atomic mass is 35.5. The zero-order valence-corrected chi connectivity index (χ0v) is 11.4. The van der Waals surface area contributed by atoms with Gasteiger partial charge in [-0.1, -0.05) is 18.2 Å². The van der Waals surface area contributed by atoms with Gasteiger partial charge in [0.05, 0.1) is 6.04 Å². The molecule has 0 saturated heterocycles. The fourth-order valence-corrected chi connectivity index (χ4v) is 1.92. The first kappa shape index (κ1) is 13.6. The van der Waals surface area contributed by atoms with Crippen LogP contribution in [0.4, 0.5) is 0 Å². The van der Waals surface area contributed by atoms with Crippen molar-refractivity contribution in [3.05, 3.63) is 65.5 Å². The Bertz CT molecular complexity index is 540. The molecular formula is C15H15ClN2O. The Morgan fingerprint density at radius 3 is 2.63 bits per heavy atom. The van der Waals surface area contributed by atoms with Gasteiger partial charge < -0.3 is 5.32 Å². The third-order valence-corrected chi connectivity index (χ3v) is 3.21. The third kappa shape index (κ3) is 3.55. The topological polar surface area (TPSA) is 42.0 Å². The summed E-state index contributed by atoms with van der Waals surface area (Å²) in [7, 11) is 0. The van der Waals surface area contributed by atoms with Gasteiger partial charge in [-0.2, -0.15) is 0 Å². The zero-order chi connectivity index (χ0) is 13.7. The highest BCUT2D eigenvalue weighted by molar-refractivity contribution is 6.17. The number of nitrogens with one attached hydrogen (secondary N) is 1. The molecule has 1 N–H and O–H groups in total. The van der Waals surface area contributed by atoms with Crippen molar-refractivity contribution < 1.29 is 4.79 Å². The van der Waals surface area contributed by atoms with Crippen LogP contribution >= 0.6 is 11.6 Å². The van der Waals surface area contributed by atoms with Gasteiger partial charge in [-0.3, -0.25) is 9.78 Å². The summed E-state index contributed by atoms with van der Waals surface area (Å²) in [6.07, 6.45) is 3.46. The summed E-state index contributed by atoms with van der Waals surface area (Å²) in [6, 6.07) is 11.0. The molecule has 0 bridgehead atoms. The van der Waals surface area contributed by atoms with E-state index in [4.69, 9.17) is 11.6 Å². The molecule has 0 aliphatic carbocycles. The average molecular weight is 275 g/mol. The van der Waals surface area contributed by atoms with Gasteiger partial charge in [0.25, 0.3) is 5.91 Å². The highest BCUT2D eigenvalue weighted by Gasteiger charge is 2.11. The van der Waals surface area contributed by atoms with E-state index in [1.54, 1.807) is 24.5 Å². The summed E-state index contributed by atoms with van der Waals surface area (Å²) in [6.45, 7) is 1.93. The maximum absolute atomic E-state index is 12.1. The standard InChI is InChI=1S/C15H15ClN2O/c1-11(14-3-2-8-17-10-14)18-15(19)13-6-4-12(9-16)5-7-13/h2-8,10-11H,9H2,1H3,(H,18,19)/t11-/m1/s1. The Labute approximate surface area is 117 Å². The van der Waals surface area contributed by atoms with Crippen LogP contribution in [0.15, 0.2) is 48.8 Å². The van der Waals surface area contributed by atoms with Gasteiger partial charge >= 0.3 is 0 Å². The zero-order valence-electron chi connectivity index (χ0n) is 10.6. The Morgan fingerprint density at radius 2 is 2.05 bits per heavy atom. The fourth-order valence-electron chi connectivity index (χ4n) is 1.74. The number of alkyl halides is 1. The molecule has 0 fully saturated rings. The number of carbonyl (C=O) groups is 1. The number of rotatable bonds is 4. The van der Waals surface area contributed by atoms with Crippen LogP contribution in [0.1, 0.15) is 34.5 Å². The van der Waals surface area contributed by atoms with Crippen molar-refractivity contribution in [1.82, 2.24) is 10.3 Å². The number of pyridine rings is 1. The molecule has 0 saturated carbocycles. The first-order valence-electron chi connectivity index (χ1n) is 6.06. The van der Waals surface area contributed by atoms with E-state index in [1.807, 2.05) is 31.2 Å². The minimum Gasteiger partial charge on any atom is -0.345 e. The Morgan fingerprint density at radius 1 is 1.32 bits per heavy atom. The van der Waals surface area contributed by atoms with Gasteiger partial charge in [0.15, 0.2) is 0 Å². The second-order valence-corrected chi connectivity index (χ2v) is 4.58. The maximum Gasteiger partial charge on any atom is 0.251 e. The first-order chi connectivity index (χ1) is 9.20. The molecule has 1 amide bonds. The predicted octanol–water partition coefficient (Wildman–Crippen LogP) is 3.31. The fraction of sp³-hybridized carbons (Fsp3) is 0.200. The number of amides is 1. The summed E-state index contributed by atoms with van der Waals surface area (Å²) < 4.78 is 0. The lowest BCUT2D eigenvalue weighted by atomic mass is 10.1. The molecule has 0 aliphatic rings. The summed E-state index contributed by atoms with van der Waals surface area (Å²) in [5, 5.41) is 2.94. The number of nitrogens with zero attached hydrogens (tertiary/aromatic N) is 1. The second kappa shape index (κ2) is 6.34. The van der Waals surface area contributed by atoms with Crippen molar-refractivity contribution in [2.45, 2.75) is 18.8 Å². The van der Waals surface area contributed by atoms with Crippen LogP contribution in [-0.4, -0.2) is 10.9 Å². The van der Waals surface area contributed by atoms with Gasteiger partial charge in [0.1, 0.15) is 0 Å². The number of hydrogen-bond acceptors (Lipinski definition) is 2. The predicted molar refractivity (Wildman–Crippen MR) is 76.1 cm³/mol. The minimum atomic E-state index is -0.0996. The van der Waals surface area contributed by atoms with Crippen LogP contribution in [0.5, 0.6) is 0 Å². The minimum absolute atomic E-state index is 0.0751. The van der Waals surface area contributed by atoms with Crippen molar-refractivity contribution in [3.8, 4) is 0 Å². The summed E-state index contributed by atoms with van der Waals surface area (Å²) >= 11 is 5.72. The molecule has 1 aromatic carbocycles. The lowest BCUT2D eigenvalue weighted by Crippen LogP contribution is -2.26. The molecule has 1 aromatic heterocycles. The van der Waals surface area contributed by atoms with Crippen molar-refractivity contribution >= 4 is 17.5 Å². The smallest absolute Gasteiger partial charge is 0.251 e. The molecular weight excluding hydrogens is 260 g/mol. The Hall–Kier alpha value is -1.87. The molecule has 1 atom stereocenters. The van der Waals surface area contributed by atoms with E-state index in [-0.39, 0.29) is 11.9 Å². The molecule has 98 valence electrons. The lowest BCUT2D eigenvalue weighted by molar-refractivity contribution is 0.0940. The molecule has 3 nitrogen and oxygen atoms in total. The molecule has 0 spiro atoms. The second-order valence-electron chi connectivity index (χ2n) is 4.31. The number of carbonyl (C=O) groups excluding carboxylic acids is 1. The van der Waals surface area contributed by atoms with E-state index in [2.05, 4.69) is 10.3 Å². The van der Waals surface area contributed by atoms with Gasteiger partial charge in [-0.25, -0.2) is 0 Å². The van der Waals surface area contributed by atoms with E-state index in [1.165, 1.54) is 0 Å².